The van der Waals surface area contributed by atoms with Crippen molar-refractivity contribution in [2.24, 2.45) is 0 Å². The van der Waals surface area contributed by atoms with Crippen LogP contribution in [0.4, 0.5) is 11.4 Å². The lowest BCUT2D eigenvalue weighted by atomic mass is 10.0. The van der Waals surface area contributed by atoms with Crippen molar-refractivity contribution in [3.05, 3.63) is 38.4 Å². The van der Waals surface area contributed by atoms with Crippen molar-refractivity contribution in [1.29, 1.82) is 0 Å². The Bertz CT molecular complexity index is 570. The number of alkyl halides is 1. The summed E-state index contributed by atoms with van der Waals surface area (Å²) < 4.78 is 0. The number of nitro benzene ring substituents is 2. The van der Waals surface area contributed by atoms with Gasteiger partial charge < -0.3 is 0 Å². The molecule has 0 aliphatic heterocycles. The van der Waals surface area contributed by atoms with Crippen LogP contribution in [-0.4, -0.2) is 20.5 Å². The molecule has 1 saturated carbocycles. The number of nitro groups is 2. The van der Waals surface area contributed by atoms with Gasteiger partial charge in [-0.05, 0) is 18.9 Å². The van der Waals surface area contributed by atoms with Gasteiger partial charge in [-0.3, -0.25) is 20.2 Å². The molecule has 1 aliphatic carbocycles. The second-order valence-electron chi connectivity index (χ2n) is 5.33. The van der Waals surface area contributed by atoms with Crippen LogP contribution in [0.3, 0.4) is 0 Å². The lowest BCUT2D eigenvalue weighted by Crippen LogP contribution is -2.19. The molecule has 8 heteroatoms. The summed E-state index contributed by atoms with van der Waals surface area (Å²) in [6, 6.07) is 3.79. The summed E-state index contributed by atoms with van der Waals surface area (Å²) >= 11 is 7.80. The SMILES string of the molecule is O=[N+]([O-])c1ccc(SC2CCCCCCC2Cl)c([N+](=O)[O-])c1. The van der Waals surface area contributed by atoms with Crippen molar-refractivity contribution in [2.75, 3.05) is 0 Å². The molecule has 2 rings (SSSR count). The average molecular weight is 345 g/mol. The second-order valence-corrected chi connectivity index (χ2v) is 7.17. The first-order valence-corrected chi connectivity index (χ1v) is 8.54. The van der Waals surface area contributed by atoms with Crippen molar-refractivity contribution >= 4 is 34.7 Å². The Morgan fingerprint density at radius 2 is 1.73 bits per heavy atom. The third kappa shape index (κ3) is 4.33. The standard InChI is InChI=1S/C14H17ClN2O4S/c15-11-5-3-1-2-4-6-13(11)22-14-8-7-10(16(18)19)9-12(14)17(20)21/h7-9,11,13H,1-6H2. The maximum Gasteiger partial charge on any atom is 0.289 e. The van der Waals surface area contributed by atoms with E-state index in [2.05, 4.69) is 0 Å². The van der Waals surface area contributed by atoms with Gasteiger partial charge in [-0.25, -0.2) is 0 Å². The molecule has 0 aromatic heterocycles. The van der Waals surface area contributed by atoms with E-state index >= 15 is 0 Å². The number of non-ortho nitro benzene ring substituents is 1. The molecule has 0 N–H and O–H groups in total. The monoisotopic (exact) mass is 344 g/mol. The first-order chi connectivity index (χ1) is 10.5. The van der Waals surface area contributed by atoms with Gasteiger partial charge in [-0.15, -0.1) is 23.4 Å². The second kappa shape index (κ2) is 7.78. The topological polar surface area (TPSA) is 86.3 Å². The summed E-state index contributed by atoms with van der Waals surface area (Å²) in [5, 5.41) is 22.0. The van der Waals surface area contributed by atoms with E-state index in [9.17, 15) is 20.2 Å². The van der Waals surface area contributed by atoms with Crippen molar-refractivity contribution in [2.45, 2.75) is 54.0 Å². The minimum Gasteiger partial charge on any atom is -0.258 e. The lowest BCUT2D eigenvalue weighted by molar-refractivity contribution is -0.396. The van der Waals surface area contributed by atoms with Gasteiger partial charge in [0, 0.05) is 16.7 Å². The Balaban J connectivity index is 2.23. The van der Waals surface area contributed by atoms with E-state index in [1.165, 1.54) is 30.3 Å². The molecule has 0 radical (unpaired) electrons. The van der Waals surface area contributed by atoms with Crippen LogP contribution in [0.25, 0.3) is 0 Å². The minimum atomic E-state index is -0.623. The van der Waals surface area contributed by atoms with Gasteiger partial charge in [0.25, 0.3) is 11.4 Å². The Hall–Kier alpha value is -1.34. The Morgan fingerprint density at radius 1 is 1.05 bits per heavy atom. The molecule has 0 bridgehead atoms. The summed E-state index contributed by atoms with van der Waals surface area (Å²) in [5.74, 6) is 0. The van der Waals surface area contributed by atoms with E-state index in [1.54, 1.807) is 0 Å². The first kappa shape index (κ1) is 17.0. The van der Waals surface area contributed by atoms with E-state index in [4.69, 9.17) is 11.6 Å². The quantitative estimate of drug-likeness (QED) is 0.439. The van der Waals surface area contributed by atoms with Gasteiger partial charge in [0.2, 0.25) is 0 Å². The molecule has 0 spiro atoms. The first-order valence-electron chi connectivity index (χ1n) is 7.22. The number of benzene rings is 1. The maximum absolute atomic E-state index is 11.2. The molecular weight excluding hydrogens is 328 g/mol. The summed E-state index contributed by atoms with van der Waals surface area (Å²) in [4.78, 5) is 21.2. The molecule has 1 aromatic carbocycles. The van der Waals surface area contributed by atoms with Crippen LogP contribution in [0.2, 0.25) is 0 Å². The minimum absolute atomic E-state index is 0.0277. The van der Waals surface area contributed by atoms with Crippen LogP contribution in [0.5, 0.6) is 0 Å². The number of rotatable bonds is 4. The maximum atomic E-state index is 11.2. The highest BCUT2D eigenvalue weighted by Gasteiger charge is 2.26. The number of hydrogen-bond donors (Lipinski definition) is 0. The predicted octanol–water partition coefficient (Wildman–Crippen LogP) is 4.93. The summed E-state index contributed by atoms with van der Waals surface area (Å²) in [7, 11) is 0. The Labute approximate surface area is 137 Å². The van der Waals surface area contributed by atoms with Crippen LogP contribution in [0, 0.1) is 20.2 Å². The largest absolute Gasteiger partial charge is 0.289 e. The predicted molar refractivity (Wildman–Crippen MR) is 86.7 cm³/mol. The van der Waals surface area contributed by atoms with Gasteiger partial charge in [0.15, 0.2) is 0 Å². The van der Waals surface area contributed by atoms with E-state index in [0.29, 0.717) is 4.90 Å². The number of thioether (sulfide) groups is 1. The molecule has 6 nitrogen and oxygen atoms in total. The van der Waals surface area contributed by atoms with Crippen LogP contribution in [-0.2, 0) is 0 Å². The molecule has 2 atom stereocenters. The third-order valence-electron chi connectivity index (χ3n) is 3.75. The molecule has 2 unspecified atom stereocenters. The fourth-order valence-electron chi connectivity index (χ4n) is 2.56. The molecule has 0 amide bonds. The number of nitrogens with zero attached hydrogens (tertiary/aromatic N) is 2. The normalized spacial score (nSPS) is 22.6. The molecule has 0 saturated heterocycles. The van der Waals surface area contributed by atoms with Crippen LogP contribution < -0.4 is 0 Å². The highest BCUT2D eigenvalue weighted by molar-refractivity contribution is 8.00. The summed E-state index contributed by atoms with van der Waals surface area (Å²) in [6.07, 6.45) is 6.28. The van der Waals surface area contributed by atoms with Crippen molar-refractivity contribution < 1.29 is 9.85 Å². The van der Waals surface area contributed by atoms with Gasteiger partial charge in [0.05, 0.1) is 20.8 Å². The molecule has 1 fully saturated rings. The zero-order valence-corrected chi connectivity index (χ0v) is 13.5. The number of hydrogen-bond acceptors (Lipinski definition) is 5. The van der Waals surface area contributed by atoms with Gasteiger partial charge in [0.1, 0.15) is 0 Å². The van der Waals surface area contributed by atoms with Gasteiger partial charge >= 0.3 is 0 Å². The Kier molecular flexibility index (Phi) is 6.02. The summed E-state index contributed by atoms with van der Waals surface area (Å²) in [6.45, 7) is 0. The molecular formula is C14H17ClN2O4S. The van der Waals surface area contributed by atoms with Crippen LogP contribution in [0.15, 0.2) is 23.1 Å². The van der Waals surface area contributed by atoms with E-state index in [0.717, 1.165) is 38.2 Å². The smallest absolute Gasteiger partial charge is 0.258 e. The fourth-order valence-corrected chi connectivity index (χ4v) is 4.29. The molecule has 0 heterocycles. The molecule has 120 valence electrons. The Morgan fingerprint density at radius 3 is 2.36 bits per heavy atom. The third-order valence-corrected chi connectivity index (χ3v) is 5.89. The molecule has 22 heavy (non-hydrogen) atoms. The van der Waals surface area contributed by atoms with E-state index in [-0.39, 0.29) is 22.0 Å². The van der Waals surface area contributed by atoms with Gasteiger partial charge in [-0.1, -0.05) is 25.7 Å². The molecule has 1 aromatic rings. The van der Waals surface area contributed by atoms with Crippen LogP contribution in [0.1, 0.15) is 38.5 Å². The zero-order valence-electron chi connectivity index (χ0n) is 11.9. The van der Waals surface area contributed by atoms with Gasteiger partial charge in [-0.2, -0.15) is 0 Å². The summed E-state index contributed by atoms with van der Waals surface area (Å²) in [5.41, 5.74) is -0.485. The van der Waals surface area contributed by atoms with Crippen LogP contribution >= 0.6 is 23.4 Å². The van der Waals surface area contributed by atoms with E-state index in [1.807, 2.05) is 0 Å². The van der Waals surface area contributed by atoms with Crippen molar-refractivity contribution in [3.8, 4) is 0 Å². The van der Waals surface area contributed by atoms with E-state index < -0.39 is 9.85 Å². The lowest BCUT2D eigenvalue weighted by Gasteiger charge is -2.24. The highest BCUT2D eigenvalue weighted by atomic mass is 35.5. The average Bonchev–Trinajstić information content (AvgIpc) is 2.46. The van der Waals surface area contributed by atoms with Crippen molar-refractivity contribution in [3.63, 3.8) is 0 Å². The number of halogens is 1. The highest BCUT2D eigenvalue weighted by Crippen LogP contribution is 2.40. The fraction of sp³-hybridized carbons (Fsp3) is 0.571. The molecule has 1 aliphatic rings. The zero-order chi connectivity index (χ0) is 16.1. The van der Waals surface area contributed by atoms with Crippen molar-refractivity contribution in [1.82, 2.24) is 0 Å².